The smallest absolute Gasteiger partial charge is 0.0770 e. The number of hydrogen-bond donors (Lipinski definition) is 2. The molecule has 0 fully saturated rings. The van der Waals surface area contributed by atoms with Crippen molar-refractivity contribution in [2.45, 2.75) is 123 Å². The van der Waals surface area contributed by atoms with Crippen molar-refractivity contribution in [1.82, 2.24) is 0 Å². The van der Waals surface area contributed by atoms with Crippen LogP contribution in [0, 0.1) is 5.92 Å². The second-order valence-electron chi connectivity index (χ2n) is 7.76. The summed E-state index contributed by atoms with van der Waals surface area (Å²) < 4.78 is 0. The maximum atomic E-state index is 9.23. The average Bonchev–Trinajstić information content (AvgIpc) is 2.53. The van der Waals surface area contributed by atoms with E-state index in [1.165, 1.54) is 89.9 Å². The van der Waals surface area contributed by atoms with Gasteiger partial charge in [-0.05, 0) is 12.3 Å². The number of aliphatic hydroxyl groups is 2. The second-order valence-corrected chi connectivity index (χ2v) is 7.76. The minimum absolute atomic E-state index is 0.0854. The largest absolute Gasteiger partial charge is 0.394 e. The standard InChI is InChI=1S/C21H44O2/c1-20(2)17-15-13-11-9-7-5-3-4-6-8-10-12-14-16-18-21(23)19-22/h20-23H,3-19H2,1-2H3. The van der Waals surface area contributed by atoms with Gasteiger partial charge in [0.1, 0.15) is 0 Å². The van der Waals surface area contributed by atoms with Crippen LogP contribution in [-0.4, -0.2) is 22.9 Å². The first kappa shape index (κ1) is 22.9. The van der Waals surface area contributed by atoms with Crippen LogP contribution >= 0.6 is 0 Å². The van der Waals surface area contributed by atoms with Crippen LogP contribution in [-0.2, 0) is 0 Å². The number of rotatable bonds is 18. The van der Waals surface area contributed by atoms with Gasteiger partial charge in [0.25, 0.3) is 0 Å². The van der Waals surface area contributed by atoms with Crippen molar-refractivity contribution < 1.29 is 10.2 Å². The summed E-state index contributed by atoms with van der Waals surface area (Å²) in [7, 11) is 0. The third kappa shape index (κ3) is 19.9. The lowest BCUT2D eigenvalue weighted by Crippen LogP contribution is -2.10. The van der Waals surface area contributed by atoms with Gasteiger partial charge < -0.3 is 10.2 Å². The molecule has 0 spiro atoms. The van der Waals surface area contributed by atoms with Crippen molar-refractivity contribution >= 4 is 0 Å². The molecule has 23 heavy (non-hydrogen) atoms. The molecule has 0 aromatic rings. The van der Waals surface area contributed by atoms with Gasteiger partial charge in [-0.3, -0.25) is 0 Å². The molecule has 0 saturated heterocycles. The van der Waals surface area contributed by atoms with Gasteiger partial charge in [0.2, 0.25) is 0 Å². The fraction of sp³-hybridized carbons (Fsp3) is 1.00. The Morgan fingerprint density at radius 1 is 0.522 bits per heavy atom. The Morgan fingerprint density at radius 3 is 1.13 bits per heavy atom. The maximum absolute atomic E-state index is 9.23. The minimum atomic E-state index is -0.495. The van der Waals surface area contributed by atoms with Crippen molar-refractivity contribution in [2.24, 2.45) is 5.92 Å². The molecule has 140 valence electrons. The molecule has 2 N–H and O–H groups in total. The van der Waals surface area contributed by atoms with E-state index in [1.54, 1.807) is 0 Å². The van der Waals surface area contributed by atoms with E-state index in [1.807, 2.05) is 0 Å². The lowest BCUT2D eigenvalue weighted by Gasteiger charge is -2.06. The highest BCUT2D eigenvalue weighted by atomic mass is 16.3. The molecule has 0 aliphatic heterocycles. The molecule has 0 saturated carbocycles. The first-order chi connectivity index (χ1) is 11.2. The predicted molar refractivity (Wildman–Crippen MR) is 102 cm³/mol. The van der Waals surface area contributed by atoms with Crippen LogP contribution in [0.15, 0.2) is 0 Å². The van der Waals surface area contributed by atoms with Gasteiger partial charge in [-0.1, -0.05) is 110 Å². The molecular formula is C21H44O2. The molecule has 0 heterocycles. The Hall–Kier alpha value is -0.0800. The van der Waals surface area contributed by atoms with Crippen LogP contribution in [0.3, 0.4) is 0 Å². The van der Waals surface area contributed by atoms with Gasteiger partial charge in [-0.15, -0.1) is 0 Å². The lowest BCUT2D eigenvalue weighted by atomic mass is 10.0. The number of unbranched alkanes of at least 4 members (excludes halogenated alkanes) is 13. The molecule has 0 aromatic heterocycles. The number of aliphatic hydroxyl groups excluding tert-OH is 2. The molecule has 0 aliphatic rings. The van der Waals surface area contributed by atoms with Gasteiger partial charge in [-0.2, -0.15) is 0 Å². The lowest BCUT2D eigenvalue weighted by molar-refractivity contribution is 0.0860. The molecule has 2 heteroatoms. The van der Waals surface area contributed by atoms with Crippen LogP contribution in [0.25, 0.3) is 0 Å². The molecule has 0 radical (unpaired) electrons. The summed E-state index contributed by atoms with van der Waals surface area (Å²) in [5.41, 5.74) is 0. The van der Waals surface area contributed by atoms with E-state index < -0.39 is 6.10 Å². The van der Waals surface area contributed by atoms with E-state index in [0.29, 0.717) is 0 Å². The van der Waals surface area contributed by atoms with Crippen LogP contribution in [0.2, 0.25) is 0 Å². The molecular weight excluding hydrogens is 284 g/mol. The van der Waals surface area contributed by atoms with Crippen molar-refractivity contribution in [3.63, 3.8) is 0 Å². The Balaban J connectivity index is 3.00. The van der Waals surface area contributed by atoms with E-state index in [2.05, 4.69) is 13.8 Å². The molecule has 0 bridgehead atoms. The molecule has 1 atom stereocenters. The first-order valence-electron chi connectivity index (χ1n) is 10.5. The van der Waals surface area contributed by atoms with E-state index in [-0.39, 0.29) is 6.61 Å². The van der Waals surface area contributed by atoms with Crippen molar-refractivity contribution in [3.8, 4) is 0 Å². The van der Waals surface area contributed by atoms with Crippen molar-refractivity contribution in [2.75, 3.05) is 6.61 Å². The van der Waals surface area contributed by atoms with Gasteiger partial charge in [0, 0.05) is 0 Å². The normalized spacial score (nSPS) is 12.9. The van der Waals surface area contributed by atoms with Gasteiger partial charge in [0.05, 0.1) is 12.7 Å². The van der Waals surface area contributed by atoms with Gasteiger partial charge in [0.15, 0.2) is 0 Å². The highest BCUT2D eigenvalue weighted by Crippen LogP contribution is 2.15. The van der Waals surface area contributed by atoms with E-state index in [0.717, 1.165) is 18.8 Å². The van der Waals surface area contributed by atoms with E-state index in [4.69, 9.17) is 5.11 Å². The SMILES string of the molecule is CC(C)CCCCCCCCCCCCCCCCC(O)CO. The molecule has 0 aliphatic carbocycles. The van der Waals surface area contributed by atoms with Crippen LogP contribution in [0.4, 0.5) is 0 Å². The molecule has 0 amide bonds. The Morgan fingerprint density at radius 2 is 0.826 bits per heavy atom. The third-order valence-electron chi connectivity index (χ3n) is 4.78. The van der Waals surface area contributed by atoms with Gasteiger partial charge in [-0.25, -0.2) is 0 Å². The summed E-state index contributed by atoms with van der Waals surface area (Å²) in [6.45, 7) is 4.56. The molecule has 0 rings (SSSR count). The highest BCUT2D eigenvalue weighted by molar-refractivity contribution is 4.54. The summed E-state index contributed by atoms with van der Waals surface area (Å²) in [5.74, 6) is 0.877. The number of hydrogen-bond acceptors (Lipinski definition) is 2. The summed E-state index contributed by atoms with van der Waals surface area (Å²) in [6.07, 6.45) is 20.8. The predicted octanol–water partition coefficient (Wildman–Crippen LogP) is 6.24. The fourth-order valence-electron chi connectivity index (χ4n) is 3.15. The van der Waals surface area contributed by atoms with Crippen molar-refractivity contribution in [1.29, 1.82) is 0 Å². The van der Waals surface area contributed by atoms with E-state index >= 15 is 0 Å². The molecule has 0 aromatic carbocycles. The summed E-state index contributed by atoms with van der Waals surface area (Å²) in [5, 5.41) is 18.0. The first-order valence-corrected chi connectivity index (χ1v) is 10.5. The molecule has 1 unspecified atom stereocenters. The third-order valence-corrected chi connectivity index (χ3v) is 4.78. The zero-order valence-electron chi connectivity index (χ0n) is 16.1. The van der Waals surface area contributed by atoms with Crippen LogP contribution < -0.4 is 0 Å². The van der Waals surface area contributed by atoms with Crippen LogP contribution in [0.5, 0.6) is 0 Å². The molecule has 2 nitrogen and oxygen atoms in total. The van der Waals surface area contributed by atoms with E-state index in [9.17, 15) is 5.11 Å². The summed E-state index contributed by atoms with van der Waals surface area (Å²) in [4.78, 5) is 0. The fourth-order valence-corrected chi connectivity index (χ4v) is 3.15. The van der Waals surface area contributed by atoms with Crippen LogP contribution in [0.1, 0.15) is 117 Å². The second kappa shape index (κ2) is 18.3. The Kier molecular flexibility index (Phi) is 18.2. The Labute approximate surface area is 146 Å². The zero-order valence-corrected chi connectivity index (χ0v) is 16.1. The minimum Gasteiger partial charge on any atom is -0.394 e. The van der Waals surface area contributed by atoms with Gasteiger partial charge >= 0.3 is 0 Å². The van der Waals surface area contributed by atoms with Crippen molar-refractivity contribution in [3.05, 3.63) is 0 Å². The highest BCUT2D eigenvalue weighted by Gasteiger charge is 2.00. The Bertz CT molecular complexity index is 216. The zero-order chi connectivity index (χ0) is 17.2. The summed E-state index contributed by atoms with van der Waals surface area (Å²) in [6, 6.07) is 0. The quantitative estimate of drug-likeness (QED) is 0.292. The maximum Gasteiger partial charge on any atom is 0.0770 e. The monoisotopic (exact) mass is 328 g/mol. The topological polar surface area (TPSA) is 40.5 Å². The summed E-state index contributed by atoms with van der Waals surface area (Å²) >= 11 is 0. The average molecular weight is 329 g/mol.